The van der Waals surface area contributed by atoms with E-state index in [2.05, 4.69) is 20.6 Å². The number of anilines is 1. The molecule has 1 aromatic heterocycles. The van der Waals surface area contributed by atoms with Gasteiger partial charge in [0.25, 0.3) is 5.91 Å². The van der Waals surface area contributed by atoms with E-state index in [4.69, 9.17) is 14.2 Å². The zero-order valence-electron chi connectivity index (χ0n) is 15.0. The Morgan fingerprint density at radius 2 is 1.64 bits per heavy atom. The van der Waals surface area contributed by atoms with Gasteiger partial charge in [-0.2, -0.15) is 0 Å². The fourth-order valence-electron chi connectivity index (χ4n) is 2.29. The van der Waals surface area contributed by atoms with Crippen molar-refractivity contribution in [1.82, 2.24) is 15.3 Å². The number of aromatic nitrogens is 2. The van der Waals surface area contributed by atoms with Gasteiger partial charge in [0.1, 0.15) is 11.4 Å². The molecule has 2 rings (SSSR count). The molecule has 8 heteroatoms. The van der Waals surface area contributed by atoms with Crippen LogP contribution in [0.25, 0.3) is 0 Å². The van der Waals surface area contributed by atoms with Crippen LogP contribution < -0.4 is 24.8 Å². The van der Waals surface area contributed by atoms with Crippen LogP contribution >= 0.6 is 0 Å². The highest BCUT2D eigenvalue weighted by molar-refractivity contribution is 5.92. The second-order valence-corrected chi connectivity index (χ2v) is 5.17. The molecule has 0 aliphatic carbocycles. The fraction of sp³-hybridized carbons (Fsp3) is 0.353. The summed E-state index contributed by atoms with van der Waals surface area (Å²) in [7, 11) is 6.36. The van der Waals surface area contributed by atoms with E-state index in [0.29, 0.717) is 28.9 Å². The van der Waals surface area contributed by atoms with Crippen molar-refractivity contribution < 1.29 is 19.0 Å². The highest BCUT2D eigenvalue weighted by atomic mass is 16.5. The molecule has 0 fully saturated rings. The number of nitrogens with one attached hydrogen (secondary N) is 2. The van der Waals surface area contributed by atoms with Crippen LogP contribution in [0.3, 0.4) is 0 Å². The minimum absolute atomic E-state index is 0.250. The van der Waals surface area contributed by atoms with Crippen molar-refractivity contribution >= 4 is 11.9 Å². The standard InChI is InChI=1S/C17H22N4O4/c1-10-6-12(21-17(18-2)20-10)16(22)19-9-11-7-14(24-4)15(25-5)8-13(11)23-3/h6-8H,9H2,1-5H3,(H,19,22)(H,18,20,21). The molecule has 1 amide bonds. The molecule has 2 N–H and O–H groups in total. The van der Waals surface area contributed by atoms with Gasteiger partial charge in [-0.3, -0.25) is 4.79 Å². The molecule has 2 aromatic rings. The van der Waals surface area contributed by atoms with Crippen LogP contribution in [0.1, 0.15) is 21.7 Å². The SMILES string of the molecule is CNc1nc(C)cc(C(=O)NCc2cc(OC)c(OC)cc2OC)n1. The van der Waals surface area contributed by atoms with Gasteiger partial charge in [0.05, 0.1) is 21.3 Å². The van der Waals surface area contributed by atoms with Gasteiger partial charge >= 0.3 is 0 Å². The Balaban J connectivity index is 2.20. The monoisotopic (exact) mass is 346 g/mol. The minimum atomic E-state index is -0.307. The Morgan fingerprint density at radius 3 is 2.24 bits per heavy atom. The molecule has 0 aliphatic rings. The topological polar surface area (TPSA) is 94.6 Å². The van der Waals surface area contributed by atoms with Gasteiger partial charge in [-0.15, -0.1) is 0 Å². The van der Waals surface area contributed by atoms with E-state index in [9.17, 15) is 4.79 Å². The summed E-state index contributed by atoms with van der Waals surface area (Å²) < 4.78 is 15.9. The lowest BCUT2D eigenvalue weighted by molar-refractivity contribution is 0.0945. The van der Waals surface area contributed by atoms with E-state index in [0.717, 1.165) is 5.56 Å². The zero-order chi connectivity index (χ0) is 18.4. The van der Waals surface area contributed by atoms with Crippen LogP contribution in [0.4, 0.5) is 5.95 Å². The average Bonchev–Trinajstić information content (AvgIpc) is 2.64. The average molecular weight is 346 g/mol. The van der Waals surface area contributed by atoms with Crippen LogP contribution in [-0.2, 0) is 6.54 Å². The molecule has 8 nitrogen and oxygen atoms in total. The maximum Gasteiger partial charge on any atom is 0.270 e. The lowest BCUT2D eigenvalue weighted by atomic mass is 10.1. The third kappa shape index (κ3) is 4.28. The number of hydrogen-bond donors (Lipinski definition) is 2. The van der Waals surface area contributed by atoms with Crippen molar-refractivity contribution in [1.29, 1.82) is 0 Å². The molecule has 25 heavy (non-hydrogen) atoms. The van der Waals surface area contributed by atoms with Crippen LogP contribution in [0.5, 0.6) is 17.2 Å². The van der Waals surface area contributed by atoms with Crippen molar-refractivity contribution in [2.75, 3.05) is 33.7 Å². The summed E-state index contributed by atoms with van der Waals surface area (Å²) in [5.41, 5.74) is 1.75. The Bertz CT molecular complexity index is 765. The number of carbonyl (C=O) groups is 1. The molecule has 0 unspecified atom stereocenters. The molecular weight excluding hydrogens is 324 g/mol. The van der Waals surface area contributed by atoms with Gasteiger partial charge in [0.15, 0.2) is 11.5 Å². The van der Waals surface area contributed by atoms with E-state index < -0.39 is 0 Å². The fourth-order valence-corrected chi connectivity index (χ4v) is 2.29. The Labute approximate surface area is 146 Å². The Morgan fingerprint density at radius 1 is 1.00 bits per heavy atom. The van der Waals surface area contributed by atoms with Crippen LogP contribution in [0.15, 0.2) is 18.2 Å². The number of carbonyl (C=O) groups excluding carboxylic acids is 1. The highest BCUT2D eigenvalue weighted by Crippen LogP contribution is 2.34. The summed E-state index contributed by atoms with van der Waals surface area (Å²) in [6.07, 6.45) is 0. The summed E-state index contributed by atoms with van der Waals surface area (Å²) in [6, 6.07) is 5.11. The predicted molar refractivity (Wildman–Crippen MR) is 93.6 cm³/mol. The molecule has 0 radical (unpaired) electrons. The smallest absolute Gasteiger partial charge is 0.270 e. The highest BCUT2D eigenvalue weighted by Gasteiger charge is 2.14. The van der Waals surface area contributed by atoms with Gasteiger partial charge in [0.2, 0.25) is 5.95 Å². The van der Waals surface area contributed by atoms with Crippen LogP contribution in [-0.4, -0.2) is 44.3 Å². The molecule has 0 saturated carbocycles. The first-order valence-electron chi connectivity index (χ1n) is 7.62. The minimum Gasteiger partial charge on any atom is -0.496 e. The quantitative estimate of drug-likeness (QED) is 0.789. The maximum absolute atomic E-state index is 12.4. The summed E-state index contributed by atoms with van der Waals surface area (Å²) in [6.45, 7) is 2.05. The molecule has 134 valence electrons. The molecule has 0 atom stereocenters. The van der Waals surface area contributed by atoms with Gasteiger partial charge in [-0.1, -0.05) is 0 Å². The normalized spacial score (nSPS) is 10.1. The molecule has 1 aromatic carbocycles. The van der Waals surface area contributed by atoms with E-state index in [1.807, 2.05) is 0 Å². The largest absolute Gasteiger partial charge is 0.496 e. The van der Waals surface area contributed by atoms with Crippen molar-refractivity contribution in [3.05, 3.63) is 35.2 Å². The number of benzene rings is 1. The first-order chi connectivity index (χ1) is 12.0. The Hall–Kier alpha value is -3.03. The number of methoxy groups -OCH3 is 3. The maximum atomic E-state index is 12.4. The van der Waals surface area contributed by atoms with E-state index in [1.165, 1.54) is 0 Å². The second-order valence-electron chi connectivity index (χ2n) is 5.17. The van der Waals surface area contributed by atoms with E-state index in [1.54, 1.807) is 53.5 Å². The van der Waals surface area contributed by atoms with E-state index in [-0.39, 0.29) is 18.1 Å². The lowest BCUT2D eigenvalue weighted by Gasteiger charge is -2.14. The summed E-state index contributed by atoms with van der Waals surface area (Å²) >= 11 is 0. The number of aryl methyl sites for hydroxylation is 1. The first-order valence-corrected chi connectivity index (χ1v) is 7.62. The Kier molecular flexibility index (Phi) is 5.99. The van der Waals surface area contributed by atoms with Gasteiger partial charge in [-0.25, -0.2) is 9.97 Å². The molecule has 0 aliphatic heterocycles. The summed E-state index contributed by atoms with van der Waals surface area (Å²) in [5.74, 6) is 1.79. The number of rotatable bonds is 7. The third-order valence-corrected chi connectivity index (χ3v) is 3.54. The number of nitrogens with zero attached hydrogens (tertiary/aromatic N) is 2. The molecule has 1 heterocycles. The van der Waals surface area contributed by atoms with Crippen molar-refractivity contribution in [2.45, 2.75) is 13.5 Å². The van der Waals surface area contributed by atoms with E-state index >= 15 is 0 Å². The van der Waals surface area contributed by atoms with Crippen LogP contribution in [0.2, 0.25) is 0 Å². The van der Waals surface area contributed by atoms with Gasteiger partial charge < -0.3 is 24.8 Å². The molecule has 0 spiro atoms. The number of ether oxygens (including phenoxy) is 3. The summed E-state index contributed by atoms with van der Waals surface area (Å²) in [5, 5.41) is 5.65. The first kappa shape index (κ1) is 18.3. The summed E-state index contributed by atoms with van der Waals surface area (Å²) in [4.78, 5) is 20.7. The van der Waals surface area contributed by atoms with Gasteiger partial charge in [-0.05, 0) is 19.1 Å². The molecule has 0 saturated heterocycles. The second kappa shape index (κ2) is 8.18. The van der Waals surface area contributed by atoms with Gasteiger partial charge in [0, 0.05) is 30.9 Å². The lowest BCUT2D eigenvalue weighted by Crippen LogP contribution is -2.24. The molecule has 0 bridgehead atoms. The zero-order valence-corrected chi connectivity index (χ0v) is 15.0. The van der Waals surface area contributed by atoms with Crippen LogP contribution in [0, 0.1) is 6.92 Å². The van der Waals surface area contributed by atoms with Crippen molar-refractivity contribution in [3.63, 3.8) is 0 Å². The number of hydrogen-bond acceptors (Lipinski definition) is 7. The third-order valence-electron chi connectivity index (χ3n) is 3.54. The van der Waals surface area contributed by atoms with Crippen molar-refractivity contribution in [2.24, 2.45) is 0 Å². The number of amides is 1. The molecular formula is C17H22N4O4. The van der Waals surface area contributed by atoms with Crippen molar-refractivity contribution in [3.8, 4) is 17.2 Å². The predicted octanol–water partition coefficient (Wildman–Crippen LogP) is 1.78.